The molecule has 0 aromatic rings. The van der Waals surface area contributed by atoms with Crippen LogP contribution >= 0.6 is 0 Å². The molecule has 0 aromatic carbocycles. The van der Waals surface area contributed by atoms with Gasteiger partial charge in [0.2, 0.25) is 0 Å². The van der Waals surface area contributed by atoms with Gasteiger partial charge in [-0.05, 0) is 12.8 Å². The molecule has 8 nitrogen and oxygen atoms in total. The molecule has 0 aliphatic rings. The lowest BCUT2D eigenvalue weighted by Crippen LogP contribution is -2.47. The van der Waals surface area contributed by atoms with Gasteiger partial charge in [0.15, 0.2) is 0 Å². The minimum Gasteiger partial charge on any atom is -0.480 e. The fourth-order valence-electron chi connectivity index (χ4n) is 1.25. The molecule has 0 aromatic heterocycles. The van der Waals surface area contributed by atoms with E-state index in [1.165, 1.54) is 7.11 Å². The number of rotatable bonds is 9. The second-order valence-electron chi connectivity index (χ2n) is 4.06. The van der Waals surface area contributed by atoms with Crippen LogP contribution in [0.1, 0.15) is 12.8 Å². The van der Waals surface area contributed by atoms with E-state index < -0.39 is 27.9 Å². The summed E-state index contributed by atoms with van der Waals surface area (Å²) in [6.07, 6.45) is 1.79. The monoisotopic (exact) mass is 296 g/mol. The molecular formula is C10H20N2O6S. The molecule has 0 spiro atoms. The fraction of sp³-hybridized carbons (Fsp3) is 0.800. The molecule has 1 atom stereocenters. The summed E-state index contributed by atoms with van der Waals surface area (Å²) in [6, 6.07) is -1.72. The van der Waals surface area contributed by atoms with Gasteiger partial charge in [0, 0.05) is 26.5 Å². The van der Waals surface area contributed by atoms with Crippen LogP contribution in [0, 0.1) is 0 Å². The maximum absolute atomic E-state index is 11.4. The van der Waals surface area contributed by atoms with E-state index in [2.05, 4.69) is 10.6 Å². The highest BCUT2D eigenvalue weighted by molar-refractivity contribution is 7.90. The number of ether oxygens (including phenoxy) is 1. The number of hydrogen-bond acceptors (Lipinski definition) is 5. The molecule has 0 heterocycles. The van der Waals surface area contributed by atoms with Gasteiger partial charge in [0.05, 0.1) is 5.75 Å². The van der Waals surface area contributed by atoms with E-state index >= 15 is 0 Å². The first kappa shape index (κ1) is 17.6. The smallest absolute Gasteiger partial charge is 0.326 e. The van der Waals surface area contributed by atoms with Crippen molar-refractivity contribution in [3.63, 3.8) is 0 Å². The number of amides is 2. The molecule has 1 unspecified atom stereocenters. The molecular weight excluding hydrogens is 276 g/mol. The highest BCUT2D eigenvalue weighted by atomic mass is 32.2. The molecule has 0 fully saturated rings. The molecule has 0 aliphatic heterocycles. The number of carbonyl (C=O) groups is 2. The van der Waals surface area contributed by atoms with E-state index in [1.807, 2.05) is 0 Å². The maximum Gasteiger partial charge on any atom is 0.326 e. The summed E-state index contributed by atoms with van der Waals surface area (Å²) >= 11 is 0. The number of aliphatic carboxylic acids is 1. The van der Waals surface area contributed by atoms with E-state index in [-0.39, 0.29) is 18.7 Å². The zero-order valence-electron chi connectivity index (χ0n) is 11.0. The average molecular weight is 296 g/mol. The largest absolute Gasteiger partial charge is 0.480 e. The van der Waals surface area contributed by atoms with Crippen molar-refractivity contribution in [2.75, 3.05) is 32.3 Å². The molecule has 0 saturated heterocycles. The van der Waals surface area contributed by atoms with Gasteiger partial charge >= 0.3 is 12.0 Å². The fourth-order valence-corrected chi connectivity index (χ4v) is 1.72. The zero-order chi connectivity index (χ0) is 14.9. The molecule has 3 N–H and O–H groups in total. The second kappa shape index (κ2) is 8.70. The first-order chi connectivity index (χ1) is 8.76. The number of urea groups is 1. The second-order valence-corrected chi connectivity index (χ2v) is 6.32. The highest BCUT2D eigenvalue weighted by Crippen LogP contribution is 1.98. The molecule has 0 aliphatic carbocycles. The SMILES string of the molecule is COCCCC(NC(=O)NCCS(C)(=O)=O)C(=O)O. The van der Waals surface area contributed by atoms with Gasteiger partial charge in [0.1, 0.15) is 15.9 Å². The van der Waals surface area contributed by atoms with Crippen molar-refractivity contribution in [3.8, 4) is 0 Å². The highest BCUT2D eigenvalue weighted by Gasteiger charge is 2.19. The number of hydrogen-bond donors (Lipinski definition) is 3. The number of methoxy groups -OCH3 is 1. The summed E-state index contributed by atoms with van der Waals surface area (Å²) in [5, 5.41) is 13.4. The van der Waals surface area contributed by atoms with Crippen molar-refractivity contribution < 1.29 is 27.9 Å². The van der Waals surface area contributed by atoms with Gasteiger partial charge in [-0.25, -0.2) is 18.0 Å². The Morgan fingerprint density at radius 1 is 1.37 bits per heavy atom. The number of carboxylic acids is 1. The summed E-state index contributed by atoms with van der Waals surface area (Å²) in [4.78, 5) is 22.2. The normalized spacial score (nSPS) is 12.7. The van der Waals surface area contributed by atoms with Crippen LogP contribution in [-0.4, -0.2) is 63.8 Å². The summed E-state index contributed by atoms with van der Waals surface area (Å²) in [6.45, 7) is 0.343. The maximum atomic E-state index is 11.4. The Kier molecular flexibility index (Phi) is 8.08. The van der Waals surface area contributed by atoms with Crippen LogP contribution in [0.4, 0.5) is 4.79 Å². The van der Waals surface area contributed by atoms with E-state index in [0.29, 0.717) is 13.0 Å². The van der Waals surface area contributed by atoms with Crippen LogP contribution in [0.3, 0.4) is 0 Å². The molecule has 0 saturated carbocycles. The van der Waals surface area contributed by atoms with Crippen molar-refractivity contribution >= 4 is 21.8 Å². The number of nitrogens with one attached hydrogen (secondary N) is 2. The Labute approximate surface area is 112 Å². The number of carbonyl (C=O) groups excluding carboxylic acids is 1. The predicted octanol–water partition coefficient (Wildman–Crippen LogP) is -0.790. The van der Waals surface area contributed by atoms with E-state index in [0.717, 1.165) is 6.26 Å². The van der Waals surface area contributed by atoms with Gasteiger partial charge in [-0.2, -0.15) is 0 Å². The third-order valence-corrected chi connectivity index (χ3v) is 3.15. The van der Waals surface area contributed by atoms with Crippen molar-refractivity contribution in [1.29, 1.82) is 0 Å². The van der Waals surface area contributed by atoms with E-state index in [9.17, 15) is 18.0 Å². The lowest BCUT2D eigenvalue weighted by molar-refractivity contribution is -0.139. The van der Waals surface area contributed by atoms with E-state index in [1.54, 1.807) is 0 Å². The molecule has 9 heteroatoms. The molecule has 19 heavy (non-hydrogen) atoms. The first-order valence-corrected chi connectivity index (χ1v) is 7.76. The van der Waals surface area contributed by atoms with Crippen molar-refractivity contribution in [2.24, 2.45) is 0 Å². The number of carboxylic acid groups (broad SMARTS) is 1. The van der Waals surface area contributed by atoms with Gasteiger partial charge in [-0.3, -0.25) is 0 Å². The van der Waals surface area contributed by atoms with Gasteiger partial charge in [0.25, 0.3) is 0 Å². The number of sulfone groups is 1. The summed E-state index contributed by atoms with van der Waals surface area (Å²) < 4.78 is 26.5. The van der Waals surface area contributed by atoms with Gasteiger partial charge < -0.3 is 20.5 Å². The van der Waals surface area contributed by atoms with Crippen LogP contribution in [0.2, 0.25) is 0 Å². The molecule has 0 bridgehead atoms. The Balaban J connectivity index is 4.06. The van der Waals surface area contributed by atoms with Crippen molar-refractivity contribution in [1.82, 2.24) is 10.6 Å². The van der Waals surface area contributed by atoms with Crippen LogP contribution in [-0.2, 0) is 19.4 Å². The molecule has 2 amide bonds. The Hall–Kier alpha value is -1.35. The van der Waals surface area contributed by atoms with Crippen molar-refractivity contribution in [3.05, 3.63) is 0 Å². The van der Waals surface area contributed by atoms with Gasteiger partial charge in [-0.15, -0.1) is 0 Å². The van der Waals surface area contributed by atoms with Crippen LogP contribution in [0.15, 0.2) is 0 Å². The lowest BCUT2D eigenvalue weighted by Gasteiger charge is -2.14. The Morgan fingerprint density at radius 3 is 2.47 bits per heavy atom. The van der Waals surface area contributed by atoms with Crippen molar-refractivity contribution in [2.45, 2.75) is 18.9 Å². The summed E-state index contributed by atoms with van der Waals surface area (Å²) in [5.74, 6) is -1.34. The molecule has 112 valence electrons. The quantitative estimate of drug-likeness (QED) is 0.479. The Bertz CT molecular complexity index is 395. The van der Waals surface area contributed by atoms with Crippen LogP contribution in [0.5, 0.6) is 0 Å². The lowest BCUT2D eigenvalue weighted by atomic mass is 10.1. The van der Waals surface area contributed by atoms with Gasteiger partial charge in [-0.1, -0.05) is 0 Å². The zero-order valence-corrected chi connectivity index (χ0v) is 11.8. The minimum absolute atomic E-state index is 0.0604. The Morgan fingerprint density at radius 2 is 2.00 bits per heavy atom. The standard InChI is InChI=1S/C10H20N2O6S/c1-18-6-3-4-8(9(13)14)12-10(15)11-5-7-19(2,16)17/h8H,3-7H2,1-2H3,(H,13,14)(H2,11,12,15). The van der Waals surface area contributed by atoms with Crippen LogP contribution in [0.25, 0.3) is 0 Å². The first-order valence-electron chi connectivity index (χ1n) is 5.70. The molecule has 0 radical (unpaired) electrons. The third kappa shape index (κ3) is 10.3. The average Bonchev–Trinajstić information content (AvgIpc) is 2.26. The topological polar surface area (TPSA) is 122 Å². The predicted molar refractivity (Wildman–Crippen MR) is 68.8 cm³/mol. The third-order valence-electron chi connectivity index (χ3n) is 2.20. The molecule has 0 rings (SSSR count). The van der Waals surface area contributed by atoms with Crippen LogP contribution < -0.4 is 10.6 Å². The summed E-state index contributed by atoms with van der Waals surface area (Å²) in [7, 11) is -1.66. The summed E-state index contributed by atoms with van der Waals surface area (Å²) in [5.41, 5.74) is 0. The van der Waals surface area contributed by atoms with E-state index in [4.69, 9.17) is 9.84 Å². The minimum atomic E-state index is -3.16.